The van der Waals surface area contributed by atoms with Crippen LogP contribution in [-0.2, 0) is 4.74 Å². The van der Waals surface area contributed by atoms with Crippen LogP contribution in [0.15, 0.2) is 30.5 Å². The van der Waals surface area contributed by atoms with Crippen LogP contribution in [0.3, 0.4) is 0 Å². The number of ether oxygens (including phenoxy) is 2. The maximum atomic E-state index is 16.8. The fourth-order valence-corrected chi connectivity index (χ4v) is 7.85. The number of morpholine rings is 1. The second kappa shape index (κ2) is 10.2. The summed E-state index contributed by atoms with van der Waals surface area (Å²) in [6, 6.07) is 5.57. The normalized spacial score (nSPS) is 26.4. The summed E-state index contributed by atoms with van der Waals surface area (Å²) in [6.07, 6.45) is 10.2. The van der Waals surface area contributed by atoms with Gasteiger partial charge in [-0.2, -0.15) is 9.97 Å². The quantitative estimate of drug-likeness (QED) is 0.315. The van der Waals surface area contributed by atoms with Gasteiger partial charge in [-0.05, 0) is 55.8 Å². The molecule has 8 nitrogen and oxygen atoms in total. The van der Waals surface area contributed by atoms with E-state index in [0.29, 0.717) is 42.8 Å². The second-order valence-electron chi connectivity index (χ2n) is 12.4. The number of rotatable bonds is 5. The van der Waals surface area contributed by atoms with Crippen LogP contribution in [0.4, 0.5) is 19.0 Å². The number of hydrogen-bond acceptors (Lipinski definition) is 8. The highest BCUT2D eigenvalue weighted by atomic mass is 19.1. The van der Waals surface area contributed by atoms with Gasteiger partial charge in [-0.15, -0.1) is 6.42 Å². The molecule has 2 unspecified atom stereocenters. The zero-order valence-electron chi connectivity index (χ0n) is 23.9. The van der Waals surface area contributed by atoms with Crippen molar-refractivity contribution in [3.8, 4) is 35.4 Å². The molecule has 2 bridgehead atoms. The lowest BCUT2D eigenvalue weighted by molar-refractivity contribution is 0.0898. The molecule has 1 N–H and O–H groups in total. The predicted octanol–water partition coefficient (Wildman–Crippen LogP) is 5.13. The number of anilines is 1. The summed E-state index contributed by atoms with van der Waals surface area (Å²) in [5.41, 5.74) is -0.515. The topological polar surface area (TPSA) is 83.8 Å². The molecule has 4 aliphatic rings. The molecule has 4 aromatic rings. The Balaban J connectivity index is 1.29. The number of phenolic OH excluding ortho intramolecular Hbond substituents is 1. The Morgan fingerprint density at radius 2 is 1.98 bits per heavy atom. The van der Waals surface area contributed by atoms with Crippen LogP contribution in [0.2, 0.25) is 0 Å². The summed E-state index contributed by atoms with van der Waals surface area (Å²) in [6.45, 7) is 2.43. The van der Waals surface area contributed by atoms with Gasteiger partial charge in [-0.25, -0.2) is 13.2 Å². The Morgan fingerprint density at radius 3 is 2.77 bits per heavy atom. The largest absolute Gasteiger partial charge is 0.508 e. The van der Waals surface area contributed by atoms with Gasteiger partial charge in [0.15, 0.2) is 5.82 Å². The maximum Gasteiger partial charge on any atom is 0.319 e. The molecule has 0 amide bonds. The predicted molar refractivity (Wildman–Crippen MR) is 158 cm³/mol. The molecule has 0 saturated carbocycles. The first kappa shape index (κ1) is 27.4. The highest BCUT2D eigenvalue weighted by Gasteiger charge is 2.49. The molecule has 226 valence electrons. The van der Waals surface area contributed by atoms with E-state index in [0.717, 1.165) is 32.2 Å². The van der Waals surface area contributed by atoms with Crippen LogP contribution in [-0.4, -0.2) is 81.7 Å². The van der Waals surface area contributed by atoms with Gasteiger partial charge in [-0.1, -0.05) is 12.0 Å². The molecule has 2 aromatic heterocycles. The average molecular weight is 602 g/mol. The van der Waals surface area contributed by atoms with Crippen molar-refractivity contribution in [2.24, 2.45) is 0 Å². The van der Waals surface area contributed by atoms with E-state index in [1.54, 1.807) is 0 Å². The summed E-state index contributed by atoms with van der Waals surface area (Å²) in [7, 11) is 0. The Bertz CT molecular complexity index is 1850. The number of phenols is 1. The van der Waals surface area contributed by atoms with Gasteiger partial charge in [0.2, 0.25) is 0 Å². The molecule has 6 heterocycles. The van der Waals surface area contributed by atoms with E-state index < -0.39 is 23.3 Å². The van der Waals surface area contributed by atoms with E-state index in [1.807, 2.05) is 0 Å². The van der Waals surface area contributed by atoms with E-state index in [9.17, 15) is 13.9 Å². The molecule has 0 spiro atoms. The average Bonchev–Trinajstić information content (AvgIpc) is 3.62. The van der Waals surface area contributed by atoms with Gasteiger partial charge in [0.25, 0.3) is 0 Å². The van der Waals surface area contributed by atoms with Crippen LogP contribution in [0.5, 0.6) is 11.8 Å². The van der Waals surface area contributed by atoms with Gasteiger partial charge in [0.1, 0.15) is 41.4 Å². The fraction of sp³-hybridized carbons (Fsp3) is 0.424. The molecule has 11 heteroatoms. The number of hydrogen-bond donors (Lipinski definition) is 1. The molecule has 44 heavy (non-hydrogen) atoms. The van der Waals surface area contributed by atoms with Gasteiger partial charge in [-0.3, -0.25) is 9.88 Å². The van der Waals surface area contributed by atoms with E-state index >= 15 is 4.39 Å². The third-order valence-electron chi connectivity index (χ3n) is 9.81. The number of halogens is 3. The second-order valence-corrected chi connectivity index (χ2v) is 12.4. The number of nitrogens with zero attached hydrogens (tertiary/aromatic N) is 5. The number of pyridine rings is 1. The molecule has 8 rings (SSSR count). The van der Waals surface area contributed by atoms with Crippen LogP contribution < -0.4 is 9.64 Å². The molecular formula is C33H30F3N5O3. The first-order valence-electron chi connectivity index (χ1n) is 15.0. The van der Waals surface area contributed by atoms with Crippen molar-refractivity contribution in [2.45, 2.75) is 55.9 Å². The highest BCUT2D eigenvalue weighted by Crippen LogP contribution is 2.43. The summed E-state index contributed by atoms with van der Waals surface area (Å²) < 4.78 is 58.0. The smallest absolute Gasteiger partial charge is 0.319 e. The molecule has 4 aliphatic heterocycles. The van der Waals surface area contributed by atoms with Crippen molar-refractivity contribution in [1.82, 2.24) is 19.9 Å². The van der Waals surface area contributed by atoms with Crippen molar-refractivity contribution in [1.29, 1.82) is 0 Å². The Morgan fingerprint density at radius 1 is 1.16 bits per heavy atom. The number of benzene rings is 2. The molecular weight excluding hydrogens is 571 g/mol. The number of aromatic nitrogens is 3. The van der Waals surface area contributed by atoms with Crippen LogP contribution >= 0.6 is 0 Å². The van der Waals surface area contributed by atoms with Crippen molar-refractivity contribution >= 4 is 27.5 Å². The SMILES string of the molecule is C#Cc1c(F)ccc2cc(O)cc(-c3ncc4c(N5C6CCC5COC6)nc(OC[C@@]56CCCN5C[C@H](F)C6)nc4c3F)c12. The number of terminal acetylenes is 1. The Labute approximate surface area is 251 Å². The van der Waals surface area contributed by atoms with Crippen LogP contribution in [0, 0.1) is 24.0 Å². The number of fused-ring (bicyclic) bond motifs is 5. The van der Waals surface area contributed by atoms with E-state index in [4.69, 9.17) is 20.9 Å². The van der Waals surface area contributed by atoms with E-state index in [-0.39, 0.29) is 58.2 Å². The Hall–Kier alpha value is -4.14. The van der Waals surface area contributed by atoms with Crippen LogP contribution in [0.25, 0.3) is 32.9 Å². The first-order valence-corrected chi connectivity index (χ1v) is 15.0. The third kappa shape index (κ3) is 4.19. The summed E-state index contributed by atoms with van der Waals surface area (Å²) in [5, 5.41) is 11.6. The minimum Gasteiger partial charge on any atom is -0.508 e. The monoisotopic (exact) mass is 601 g/mol. The summed E-state index contributed by atoms with van der Waals surface area (Å²) in [4.78, 5) is 18.1. The minimum atomic E-state index is -0.920. The number of alkyl halides is 1. The van der Waals surface area contributed by atoms with E-state index in [2.05, 4.69) is 25.7 Å². The van der Waals surface area contributed by atoms with E-state index in [1.165, 1.54) is 30.5 Å². The molecule has 2 aromatic carbocycles. The maximum absolute atomic E-state index is 16.8. The molecule has 4 fully saturated rings. The lowest BCUT2D eigenvalue weighted by atomic mass is 9.95. The van der Waals surface area contributed by atoms with Gasteiger partial charge >= 0.3 is 6.01 Å². The lowest BCUT2D eigenvalue weighted by Crippen LogP contribution is -2.46. The van der Waals surface area contributed by atoms with Gasteiger partial charge < -0.3 is 19.5 Å². The summed E-state index contributed by atoms with van der Waals surface area (Å²) in [5.74, 6) is 1.30. The van der Waals surface area contributed by atoms with Crippen LogP contribution in [0.1, 0.15) is 37.7 Å². The molecule has 4 saturated heterocycles. The zero-order chi connectivity index (χ0) is 30.2. The lowest BCUT2D eigenvalue weighted by Gasteiger charge is -2.36. The Kier molecular flexibility index (Phi) is 6.36. The van der Waals surface area contributed by atoms with Crippen molar-refractivity contribution in [2.75, 3.05) is 37.8 Å². The molecule has 0 radical (unpaired) electrons. The van der Waals surface area contributed by atoms with Gasteiger partial charge in [0, 0.05) is 30.1 Å². The number of aromatic hydroxyl groups is 1. The zero-order valence-corrected chi connectivity index (χ0v) is 23.9. The fourth-order valence-electron chi connectivity index (χ4n) is 7.85. The van der Waals surface area contributed by atoms with Gasteiger partial charge in [0.05, 0.1) is 41.8 Å². The first-order chi connectivity index (χ1) is 21.3. The standard InChI is InChI=1S/C33H30F3N5O3/c1-2-23-26(35)7-4-18-10-22(42)11-24(27(18)23)29-28(36)30-25(13-37-29)31(41-20-5-6-21(41)16-43-15-20)39-32(38-30)44-17-33-8-3-9-40(33)14-19(34)12-33/h1,4,7,10-11,13,19-21,42H,3,5-6,8-9,12,14-17H2/t19-,20?,21?,33+/m1/s1. The third-order valence-corrected chi connectivity index (χ3v) is 9.81. The highest BCUT2D eigenvalue weighted by molar-refractivity contribution is 6.03. The van der Waals surface area contributed by atoms with Crippen molar-refractivity contribution in [3.63, 3.8) is 0 Å². The van der Waals surface area contributed by atoms with Crippen molar-refractivity contribution in [3.05, 3.63) is 47.7 Å². The molecule has 4 atom stereocenters. The molecule has 0 aliphatic carbocycles. The summed E-state index contributed by atoms with van der Waals surface area (Å²) >= 11 is 0. The van der Waals surface area contributed by atoms with Crippen molar-refractivity contribution < 1.29 is 27.8 Å². The minimum absolute atomic E-state index is 0.00546.